The molecule has 1 aliphatic heterocycles. The Hall–Kier alpha value is -2.58. The van der Waals surface area contributed by atoms with Gasteiger partial charge >= 0.3 is 6.18 Å². The molecular formula is C15H16F3N3O3. The van der Waals surface area contributed by atoms with Crippen LogP contribution in [0.25, 0.3) is 0 Å². The van der Waals surface area contributed by atoms with E-state index in [4.69, 9.17) is 0 Å². The Kier molecular flexibility index (Phi) is 5.42. The molecule has 2 N–H and O–H groups in total. The average Bonchev–Trinajstić information content (AvgIpc) is 2.96. The average molecular weight is 343 g/mol. The molecule has 0 spiro atoms. The highest BCUT2D eigenvalue weighted by Crippen LogP contribution is 2.21. The zero-order valence-electron chi connectivity index (χ0n) is 12.7. The summed E-state index contributed by atoms with van der Waals surface area (Å²) in [6, 6.07) is 6.21. The first-order chi connectivity index (χ1) is 11.3. The fourth-order valence-electron chi connectivity index (χ4n) is 2.24. The predicted octanol–water partition coefficient (Wildman–Crippen LogP) is 1.22. The van der Waals surface area contributed by atoms with Crippen molar-refractivity contribution in [2.45, 2.75) is 19.0 Å². The summed E-state index contributed by atoms with van der Waals surface area (Å²) in [6.45, 7) is -1.37. The number of hydrogen-bond donors (Lipinski definition) is 2. The van der Waals surface area contributed by atoms with E-state index < -0.39 is 31.1 Å². The van der Waals surface area contributed by atoms with Crippen molar-refractivity contribution in [3.8, 4) is 0 Å². The lowest BCUT2D eigenvalue weighted by molar-refractivity contribution is -0.137. The number of hydrogen-bond acceptors (Lipinski definition) is 3. The molecule has 9 heteroatoms. The van der Waals surface area contributed by atoms with Crippen molar-refractivity contribution in [3.05, 3.63) is 29.8 Å². The molecular weight excluding hydrogens is 327 g/mol. The Morgan fingerprint density at radius 1 is 1.12 bits per heavy atom. The molecule has 0 atom stereocenters. The predicted molar refractivity (Wildman–Crippen MR) is 79.4 cm³/mol. The van der Waals surface area contributed by atoms with Crippen LogP contribution in [-0.4, -0.2) is 43.5 Å². The van der Waals surface area contributed by atoms with E-state index in [1.165, 1.54) is 12.1 Å². The van der Waals surface area contributed by atoms with Gasteiger partial charge in [0.25, 0.3) is 5.91 Å². The molecule has 1 aromatic carbocycles. The number of halogens is 3. The Morgan fingerprint density at radius 3 is 2.33 bits per heavy atom. The summed E-state index contributed by atoms with van der Waals surface area (Å²) >= 11 is 0. The van der Waals surface area contributed by atoms with E-state index in [0.717, 1.165) is 6.42 Å². The summed E-state index contributed by atoms with van der Waals surface area (Å²) in [4.78, 5) is 36.3. The van der Waals surface area contributed by atoms with Gasteiger partial charge in [-0.1, -0.05) is 0 Å². The fourth-order valence-corrected chi connectivity index (χ4v) is 2.24. The minimum Gasteiger partial charge on any atom is -0.345 e. The highest BCUT2D eigenvalue weighted by Gasteiger charge is 2.27. The molecule has 1 saturated heterocycles. The van der Waals surface area contributed by atoms with E-state index in [9.17, 15) is 27.6 Å². The van der Waals surface area contributed by atoms with Crippen LogP contribution in [0, 0.1) is 0 Å². The third kappa shape index (κ3) is 4.97. The van der Waals surface area contributed by atoms with E-state index in [-0.39, 0.29) is 11.5 Å². The van der Waals surface area contributed by atoms with Gasteiger partial charge in [-0.05, 0) is 30.7 Å². The lowest BCUT2D eigenvalue weighted by Crippen LogP contribution is -2.40. The molecule has 0 unspecified atom stereocenters. The van der Waals surface area contributed by atoms with Crippen LogP contribution < -0.4 is 15.5 Å². The first kappa shape index (κ1) is 17.8. The molecule has 3 amide bonds. The van der Waals surface area contributed by atoms with Crippen LogP contribution in [0.15, 0.2) is 24.3 Å². The molecule has 1 aromatic rings. The molecule has 0 aromatic heterocycles. The summed E-state index contributed by atoms with van der Waals surface area (Å²) in [5.41, 5.74) is 0.922. The quantitative estimate of drug-likeness (QED) is 0.844. The number of nitrogens with one attached hydrogen (secondary N) is 2. The summed E-state index contributed by atoms with van der Waals surface area (Å²) in [5.74, 6) is -1.50. The normalized spacial score (nSPS) is 14.6. The summed E-state index contributed by atoms with van der Waals surface area (Å²) in [6.07, 6.45) is -3.22. The maximum atomic E-state index is 11.9. The summed E-state index contributed by atoms with van der Waals surface area (Å²) in [5, 5.41) is 3.89. The van der Waals surface area contributed by atoms with Gasteiger partial charge in [-0.3, -0.25) is 14.4 Å². The third-order valence-electron chi connectivity index (χ3n) is 3.41. The van der Waals surface area contributed by atoms with Gasteiger partial charge in [0, 0.05) is 24.2 Å². The van der Waals surface area contributed by atoms with Crippen LogP contribution in [0.1, 0.15) is 23.2 Å². The van der Waals surface area contributed by atoms with E-state index >= 15 is 0 Å². The van der Waals surface area contributed by atoms with Crippen molar-refractivity contribution in [2.24, 2.45) is 0 Å². The van der Waals surface area contributed by atoms with Gasteiger partial charge in [-0.25, -0.2) is 0 Å². The Labute approximate surface area is 136 Å². The standard InChI is InChI=1S/C15H16F3N3O3/c16-15(17,18)9-20-12(22)8-19-14(24)10-3-5-11(6-4-10)21-7-1-2-13(21)23/h3-6H,1-2,7-9H2,(H,19,24)(H,20,22). The lowest BCUT2D eigenvalue weighted by atomic mass is 10.2. The molecule has 1 aliphatic rings. The van der Waals surface area contributed by atoms with Crippen LogP contribution in [0.2, 0.25) is 0 Å². The van der Waals surface area contributed by atoms with E-state index in [1.807, 2.05) is 0 Å². The number of rotatable bonds is 5. The number of alkyl halides is 3. The number of benzene rings is 1. The van der Waals surface area contributed by atoms with Crippen molar-refractivity contribution in [2.75, 3.05) is 24.5 Å². The second kappa shape index (κ2) is 7.33. The molecule has 1 heterocycles. The van der Waals surface area contributed by atoms with Crippen molar-refractivity contribution in [3.63, 3.8) is 0 Å². The van der Waals surface area contributed by atoms with Gasteiger partial charge in [0.2, 0.25) is 11.8 Å². The second-order valence-corrected chi connectivity index (χ2v) is 5.27. The van der Waals surface area contributed by atoms with Crippen LogP contribution in [0.3, 0.4) is 0 Å². The first-order valence-corrected chi connectivity index (χ1v) is 7.28. The van der Waals surface area contributed by atoms with Gasteiger partial charge in [-0.15, -0.1) is 0 Å². The van der Waals surface area contributed by atoms with Crippen LogP contribution in [0.5, 0.6) is 0 Å². The van der Waals surface area contributed by atoms with Crippen LogP contribution in [-0.2, 0) is 9.59 Å². The smallest absolute Gasteiger partial charge is 0.345 e. The maximum absolute atomic E-state index is 11.9. The monoisotopic (exact) mass is 343 g/mol. The molecule has 24 heavy (non-hydrogen) atoms. The molecule has 0 saturated carbocycles. The van der Waals surface area contributed by atoms with Crippen molar-refractivity contribution < 1.29 is 27.6 Å². The Balaban J connectivity index is 1.84. The van der Waals surface area contributed by atoms with Gasteiger partial charge in [0.05, 0.1) is 6.54 Å². The molecule has 130 valence electrons. The van der Waals surface area contributed by atoms with Gasteiger partial charge in [0.1, 0.15) is 6.54 Å². The molecule has 0 aliphatic carbocycles. The first-order valence-electron chi connectivity index (χ1n) is 7.28. The second-order valence-electron chi connectivity index (χ2n) is 5.27. The number of nitrogens with zero attached hydrogens (tertiary/aromatic N) is 1. The van der Waals surface area contributed by atoms with E-state index in [1.54, 1.807) is 22.3 Å². The number of anilines is 1. The zero-order chi connectivity index (χ0) is 17.7. The minimum atomic E-state index is -4.50. The van der Waals surface area contributed by atoms with Crippen molar-refractivity contribution in [1.82, 2.24) is 10.6 Å². The molecule has 1 fully saturated rings. The number of carbonyl (C=O) groups is 3. The molecule has 0 bridgehead atoms. The van der Waals surface area contributed by atoms with E-state index in [2.05, 4.69) is 5.32 Å². The van der Waals surface area contributed by atoms with Gasteiger partial charge in [0.15, 0.2) is 0 Å². The molecule has 0 radical (unpaired) electrons. The van der Waals surface area contributed by atoms with Crippen molar-refractivity contribution >= 4 is 23.4 Å². The number of carbonyl (C=O) groups excluding carboxylic acids is 3. The number of amides is 3. The summed E-state index contributed by atoms with van der Waals surface area (Å²) in [7, 11) is 0. The third-order valence-corrected chi connectivity index (χ3v) is 3.41. The van der Waals surface area contributed by atoms with Gasteiger partial charge < -0.3 is 15.5 Å². The van der Waals surface area contributed by atoms with Crippen LogP contribution in [0.4, 0.5) is 18.9 Å². The maximum Gasteiger partial charge on any atom is 0.405 e. The highest BCUT2D eigenvalue weighted by molar-refractivity contribution is 5.98. The Bertz CT molecular complexity index is 629. The van der Waals surface area contributed by atoms with Gasteiger partial charge in [-0.2, -0.15) is 13.2 Å². The fraction of sp³-hybridized carbons (Fsp3) is 0.400. The highest BCUT2D eigenvalue weighted by atomic mass is 19.4. The topological polar surface area (TPSA) is 78.5 Å². The molecule has 6 nitrogen and oxygen atoms in total. The van der Waals surface area contributed by atoms with Crippen molar-refractivity contribution in [1.29, 1.82) is 0 Å². The zero-order valence-corrected chi connectivity index (χ0v) is 12.7. The van der Waals surface area contributed by atoms with Crippen LogP contribution >= 0.6 is 0 Å². The minimum absolute atomic E-state index is 0.0218. The van der Waals surface area contributed by atoms with E-state index in [0.29, 0.717) is 18.7 Å². The SMILES string of the molecule is O=C(CNC(=O)c1ccc(N2CCCC2=O)cc1)NCC(F)(F)F. The Morgan fingerprint density at radius 2 is 1.79 bits per heavy atom. The lowest BCUT2D eigenvalue weighted by Gasteiger charge is -2.15. The summed E-state index contributed by atoms with van der Waals surface area (Å²) < 4.78 is 35.8. The molecule has 2 rings (SSSR count). The largest absolute Gasteiger partial charge is 0.405 e.